The Hall–Kier alpha value is -0.910. The summed E-state index contributed by atoms with van der Waals surface area (Å²) in [4.78, 5) is 20.2. The molecule has 1 amide bonds. The lowest BCUT2D eigenvalue weighted by atomic mass is 10.1. The lowest BCUT2D eigenvalue weighted by molar-refractivity contribution is -0.0715. The van der Waals surface area contributed by atoms with Gasteiger partial charge in [0.1, 0.15) is 0 Å². The minimum Gasteiger partial charge on any atom is -0.373 e. The quantitative estimate of drug-likeness (QED) is 0.751. The smallest absolute Gasteiger partial charge is 0.264 e. The zero-order valence-electron chi connectivity index (χ0n) is 16.8. The lowest BCUT2D eigenvalue weighted by Gasteiger charge is -2.38. The van der Waals surface area contributed by atoms with Crippen LogP contribution in [0.5, 0.6) is 0 Å². The number of carbonyl (C=O) groups excluding carboxylic acids is 1. The van der Waals surface area contributed by atoms with Gasteiger partial charge in [-0.25, -0.2) is 0 Å². The van der Waals surface area contributed by atoms with Gasteiger partial charge in [0.15, 0.2) is 0 Å². The van der Waals surface area contributed by atoms with Crippen molar-refractivity contribution in [2.24, 2.45) is 0 Å². The second-order valence-corrected chi connectivity index (χ2v) is 9.07. The number of rotatable bonds is 6. The molecule has 2 fully saturated rings. The number of carbonyl (C=O) groups is 1. The van der Waals surface area contributed by atoms with Crippen molar-refractivity contribution in [3.63, 3.8) is 0 Å². The third-order valence-corrected chi connectivity index (χ3v) is 6.79. The first kappa shape index (κ1) is 19.8. The number of amides is 1. The van der Waals surface area contributed by atoms with E-state index in [1.165, 1.54) is 10.4 Å². The van der Waals surface area contributed by atoms with Crippen molar-refractivity contribution in [3.8, 4) is 0 Å². The van der Waals surface area contributed by atoms with Crippen LogP contribution in [0.15, 0.2) is 6.07 Å². The summed E-state index contributed by atoms with van der Waals surface area (Å²) >= 11 is 1.73. The van der Waals surface area contributed by atoms with Crippen LogP contribution in [0.25, 0.3) is 0 Å². The molecule has 146 valence electrons. The van der Waals surface area contributed by atoms with E-state index < -0.39 is 0 Å². The number of likely N-dealkylation sites (tertiary alicyclic amines) is 1. The van der Waals surface area contributed by atoms with Gasteiger partial charge in [0.25, 0.3) is 5.91 Å². The van der Waals surface area contributed by atoms with E-state index in [2.05, 4.69) is 43.6 Å². The Kier molecular flexibility index (Phi) is 6.76. The standard InChI is InChI=1S/C21H34N2O2S/c1-5-8-19-17(6-2)11-20(26-19)21(24)23-10-7-9-18(23)14-22-12-15(3)25-16(4)13-22/h11,15-16,18H,5-10,12-14H2,1-4H3. The van der Waals surface area contributed by atoms with Gasteiger partial charge in [-0.3, -0.25) is 9.69 Å². The highest BCUT2D eigenvalue weighted by Crippen LogP contribution is 2.29. The van der Waals surface area contributed by atoms with Crippen LogP contribution in [0.3, 0.4) is 0 Å². The molecule has 4 nitrogen and oxygen atoms in total. The highest BCUT2D eigenvalue weighted by molar-refractivity contribution is 7.14. The molecule has 0 radical (unpaired) electrons. The van der Waals surface area contributed by atoms with Crippen molar-refractivity contribution in [2.45, 2.75) is 78.0 Å². The molecule has 0 N–H and O–H groups in total. The average Bonchev–Trinajstić information content (AvgIpc) is 3.20. The van der Waals surface area contributed by atoms with E-state index >= 15 is 0 Å². The summed E-state index contributed by atoms with van der Waals surface area (Å²) in [5.41, 5.74) is 1.37. The Morgan fingerprint density at radius 3 is 2.65 bits per heavy atom. The zero-order valence-corrected chi connectivity index (χ0v) is 17.6. The molecule has 2 saturated heterocycles. The van der Waals surface area contributed by atoms with Gasteiger partial charge < -0.3 is 9.64 Å². The Morgan fingerprint density at radius 2 is 2.00 bits per heavy atom. The van der Waals surface area contributed by atoms with Crippen molar-refractivity contribution in [3.05, 3.63) is 21.4 Å². The SMILES string of the molecule is CCCc1sc(C(=O)N2CCCC2CN2CC(C)OC(C)C2)cc1CC. The Labute approximate surface area is 162 Å². The molecular weight excluding hydrogens is 344 g/mol. The fourth-order valence-corrected chi connectivity index (χ4v) is 5.79. The molecule has 5 heteroatoms. The Morgan fingerprint density at radius 1 is 1.27 bits per heavy atom. The number of nitrogens with zero attached hydrogens (tertiary/aromatic N) is 2. The third kappa shape index (κ3) is 4.49. The maximum Gasteiger partial charge on any atom is 0.264 e. The molecule has 3 heterocycles. The van der Waals surface area contributed by atoms with E-state index in [9.17, 15) is 4.79 Å². The van der Waals surface area contributed by atoms with Crippen LogP contribution in [-0.4, -0.2) is 60.1 Å². The van der Waals surface area contributed by atoms with E-state index in [-0.39, 0.29) is 18.1 Å². The Bertz CT molecular complexity index is 605. The molecule has 0 bridgehead atoms. The maximum atomic E-state index is 13.2. The summed E-state index contributed by atoms with van der Waals surface area (Å²) in [6.07, 6.45) is 6.07. The summed E-state index contributed by atoms with van der Waals surface area (Å²) in [5.74, 6) is 0.254. The van der Waals surface area contributed by atoms with Gasteiger partial charge in [-0.15, -0.1) is 11.3 Å². The molecule has 2 aliphatic rings. The second-order valence-electron chi connectivity index (χ2n) is 7.93. The van der Waals surface area contributed by atoms with Crippen LogP contribution in [0, 0.1) is 0 Å². The van der Waals surface area contributed by atoms with Crippen LogP contribution in [-0.2, 0) is 17.6 Å². The molecule has 1 aromatic heterocycles. The van der Waals surface area contributed by atoms with Crippen molar-refractivity contribution in [1.82, 2.24) is 9.80 Å². The van der Waals surface area contributed by atoms with Gasteiger partial charge in [0.2, 0.25) is 0 Å². The van der Waals surface area contributed by atoms with E-state index in [4.69, 9.17) is 4.74 Å². The summed E-state index contributed by atoms with van der Waals surface area (Å²) in [5, 5.41) is 0. The van der Waals surface area contributed by atoms with Crippen LogP contribution in [0.2, 0.25) is 0 Å². The van der Waals surface area contributed by atoms with Crippen molar-refractivity contribution in [1.29, 1.82) is 0 Å². The lowest BCUT2D eigenvalue weighted by Crippen LogP contribution is -2.50. The number of ether oxygens (including phenoxy) is 1. The minimum atomic E-state index is 0.254. The predicted molar refractivity (Wildman–Crippen MR) is 108 cm³/mol. The average molecular weight is 379 g/mol. The minimum absolute atomic E-state index is 0.254. The number of aryl methyl sites for hydroxylation is 2. The molecule has 0 aliphatic carbocycles. The fraction of sp³-hybridized carbons (Fsp3) is 0.762. The maximum absolute atomic E-state index is 13.2. The van der Waals surface area contributed by atoms with Gasteiger partial charge in [-0.1, -0.05) is 20.3 Å². The van der Waals surface area contributed by atoms with Crippen LogP contribution < -0.4 is 0 Å². The van der Waals surface area contributed by atoms with Crippen LogP contribution in [0.4, 0.5) is 0 Å². The first-order chi connectivity index (χ1) is 12.5. The summed E-state index contributed by atoms with van der Waals surface area (Å²) in [7, 11) is 0. The van der Waals surface area contributed by atoms with Gasteiger partial charge >= 0.3 is 0 Å². The van der Waals surface area contributed by atoms with E-state index in [0.717, 1.165) is 63.2 Å². The highest BCUT2D eigenvalue weighted by Gasteiger charge is 2.33. The van der Waals surface area contributed by atoms with E-state index in [0.29, 0.717) is 6.04 Å². The monoisotopic (exact) mass is 378 g/mol. The summed E-state index contributed by atoms with van der Waals surface area (Å²) in [6, 6.07) is 2.51. The third-order valence-electron chi connectivity index (χ3n) is 5.57. The Balaban J connectivity index is 1.68. The van der Waals surface area contributed by atoms with E-state index in [1.807, 2.05) is 0 Å². The molecule has 1 aromatic rings. The summed E-state index contributed by atoms with van der Waals surface area (Å²) < 4.78 is 5.86. The first-order valence-electron chi connectivity index (χ1n) is 10.3. The number of hydrogen-bond acceptors (Lipinski definition) is 4. The van der Waals surface area contributed by atoms with Crippen molar-refractivity contribution < 1.29 is 9.53 Å². The number of thiophene rings is 1. The molecule has 26 heavy (non-hydrogen) atoms. The number of hydrogen-bond donors (Lipinski definition) is 0. The fourth-order valence-electron chi connectivity index (χ4n) is 4.48. The van der Waals surface area contributed by atoms with Crippen LogP contribution >= 0.6 is 11.3 Å². The molecule has 2 aliphatic heterocycles. The molecule has 0 aromatic carbocycles. The van der Waals surface area contributed by atoms with Gasteiger partial charge in [-0.2, -0.15) is 0 Å². The largest absolute Gasteiger partial charge is 0.373 e. The number of morpholine rings is 1. The molecular formula is C21H34N2O2S. The van der Waals surface area contributed by atoms with Gasteiger partial charge in [0.05, 0.1) is 17.1 Å². The highest BCUT2D eigenvalue weighted by atomic mass is 32.1. The topological polar surface area (TPSA) is 32.8 Å². The van der Waals surface area contributed by atoms with Crippen LogP contribution in [0.1, 0.15) is 67.1 Å². The van der Waals surface area contributed by atoms with E-state index in [1.54, 1.807) is 11.3 Å². The normalized spacial score (nSPS) is 27.2. The first-order valence-corrected chi connectivity index (χ1v) is 11.1. The molecule has 0 spiro atoms. The zero-order chi connectivity index (χ0) is 18.7. The van der Waals surface area contributed by atoms with Gasteiger partial charge in [0, 0.05) is 37.1 Å². The molecule has 3 unspecified atom stereocenters. The second kappa shape index (κ2) is 8.85. The predicted octanol–water partition coefficient (Wildman–Crippen LogP) is 3.98. The molecule has 3 rings (SSSR count). The van der Waals surface area contributed by atoms with Crippen molar-refractivity contribution in [2.75, 3.05) is 26.2 Å². The summed E-state index contributed by atoms with van der Waals surface area (Å²) in [6.45, 7) is 12.5. The molecule has 3 atom stereocenters. The van der Waals surface area contributed by atoms with Gasteiger partial charge in [-0.05, 0) is 51.2 Å². The van der Waals surface area contributed by atoms with Crippen molar-refractivity contribution >= 4 is 17.2 Å². The molecule has 0 saturated carbocycles.